The van der Waals surface area contributed by atoms with Gasteiger partial charge in [0.2, 0.25) is 0 Å². The van der Waals surface area contributed by atoms with Crippen LogP contribution >= 0.6 is 0 Å². The van der Waals surface area contributed by atoms with Crippen LogP contribution < -0.4 is 16.2 Å². The lowest BCUT2D eigenvalue weighted by Crippen LogP contribution is -2.33. The van der Waals surface area contributed by atoms with Gasteiger partial charge in [0, 0.05) is 18.7 Å². The number of halogens is 2. The monoisotopic (exact) mass is 341 g/mol. The molecular formula is C18H17F2N5. The van der Waals surface area contributed by atoms with E-state index in [-0.39, 0.29) is 11.6 Å². The highest BCUT2D eigenvalue weighted by Crippen LogP contribution is 2.35. The van der Waals surface area contributed by atoms with Gasteiger partial charge in [-0.1, -0.05) is 12.1 Å². The molecule has 0 saturated heterocycles. The number of hydrazine groups is 1. The zero-order valence-corrected chi connectivity index (χ0v) is 13.4. The number of anilines is 2. The summed E-state index contributed by atoms with van der Waals surface area (Å²) in [7, 11) is 0. The first-order valence-corrected chi connectivity index (χ1v) is 8.00. The Labute approximate surface area is 143 Å². The Bertz CT molecular complexity index is 904. The molecule has 0 bridgehead atoms. The minimum absolute atomic E-state index is 0.331. The van der Waals surface area contributed by atoms with Gasteiger partial charge in [-0.15, -0.1) is 0 Å². The van der Waals surface area contributed by atoms with Crippen molar-refractivity contribution in [1.82, 2.24) is 14.9 Å². The average molecular weight is 341 g/mol. The van der Waals surface area contributed by atoms with Crippen LogP contribution in [0.25, 0.3) is 11.3 Å². The molecule has 0 amide bonds. The van der Waals surface area contributed by atoms with E-state index in [1.165, 1.54) is 29.3 Å². The maximum Gasteiger partial charge on any atom is 0.156 e. The molecule has 3 aromatic rings. The fourth-order valence-electron chi connectivity index (χ4n) is 3.05. The topological polar surface area (TPSA) is 59.1 Å². The second kappa shape index (κ2) is 6.27. The predicted molar refractivity (Wildman–Crippen MR) is 92.1 cm³/mol. The van der Waals surface area contributed by atoms with Gasteiger partial charge in [-0.3, -0.25) is 5.01 Å². The molecule has 7 heteroatoms. The number of imidazole rings is 1. The molecule has 3 N–H and O–H groups in total. The van der Waals surface area contributed by atoms with E-state index in [0.29, 0.717) is 35.9 Å². The van der Waals surface area contributed by atoms with Crippen molar-refractivity contribution in [3.8, 4) is 11.3 Å². The third kappa shape index (κ3) is 2.88. The first kappa shape index (κ1) is 15.7. The van der Waals surface area contributed by atoms with Gasteiger partial charge in [0.25, 0.3) is 0 Å². The van der Waals surface area contributed by atoms with Gasteiger partial charge in [-0.25, -0.2) is 19.6 Å². The summed E-state index contributed by atoms with van der Waals surface area (Å²) in [6, 6.07) is 12.2. The number of nitrogens with one attached hydrogen (secondary N) is 1. The average Bonchev–Trinajstić information content (AvgIpc) is 3.01. The number of hydrogen-bond acceptors (Lipinski definition) is 4. The van der Waals surface area contributed by atoms with Crippen molar-refractivity contribution in [3.05, 3.63) is 66.0 Å². The summed E-state index contributed by atoms with van der Waals surface area (Å²) in [5.41, 5.74) is 1.87. The van der Waals surface area contributed by atoms with E-state index >= 15 is 0 Å². The molecular weight excluding hydrogens is 324 g/mol. The molecule has 0 saturated carbocycles. The van der Waals surface area contributed by atoms with Gasteiger partial charge in [0.15, 0.2) is 5.82 Å². The van der Waals surface area contributed by atoms with E-state index in [1.807, 2.05) is 4.57 Å². The number of rotatable bonds is 3. The highest BCUT2D eigenvalue weighted by molar-refractivity contribution is 5.77. The molecule has 0 fully saturated rings. The van der Waals surface area contributed by atoms with Crippen LogP contribution in [-0.2, 0) is 13.1 Å². The summed E-state index contributed by atoms with van der Waals surface area (Å²) in [5.74, 6) is 7.17. The maximum absolute atomic E-state index is 13.7. The van der Waals surface area contributed by atoms with Gasteiger partial charge in [0.1, 0.15) is 23.2 Å². The molecule has 0 aliphatic carbocycles. The van der Waals surface area contributed by atoms with Crippen molar-refractivity contribution in [1.29, 1.82) is 0 Å². The van der Waals surface area contributed by atoms with E-state index < -0.39 is 0 Å². The molecule has 1 aliphatic rings. The normalized spacial score (nSPS) is 13.6. The maximum atomic E-state index is 13.7. The van der Waals surface area contributed by atoms with Crippen LogP contribution in [0.15, 0.2) is 48.5 Å². The largest absolute Gasteiger partial charge is 0.311 e. The molecule has 0 atom stereocenters. The Balaban J connectivity index is 1.87. The molecule has 0 radical (unpaired) electrons. The van der Waals surface area contributed by atoms with E-state index in [9.17, 15) is 8.78 Å². The second-order valence-corrected chi connectivity index (χ2v) is 5.89. The van der Waals surface area contributed by atoms with Crippen molar-refractivity contribution in [2.75, 3.05) is 11.6 Å². The van der Waals surface area contributed by atoms with Crippen LogP contribution in [0.4, 0.5) is 20.3 Å². The zero-order valence-electron chi connectivity index (χ0n) is 13.4. The number of hydrogen-bond donors (Lipinski definition) is 2. The quantitative estimate of drug-likeness (QED) is 0.568. The third-order valence-corrected chi connectivity index (χ3v) is 4.25. The van der Waals surface area contributed by atoms with Gasteiger partial charge in [0.05, 0.1) is 12.2 Å². The van der Waals surface area contributed by atoms with E-state index in [2.05, 4.69) is 10.3 Å². The van der Waals surface area contributed by atoms with Crippen LogP contribution in [0.2, 0.25) is 0 Å². The van der Waals surface area contributed by atoms with E-state index in [0.717, 1.165) is 12.4 Å². The summed E-state index contributed by atoms with van der Waals surface area (Å²) < 4.78 is 28.9. The SMILES string of the molecule is NN(c1ccc(F)cc1)c1c(-c2cccc(F)c2)nc2n1CCNC2. The number of benzene rings is 2. The number of nitrogens with zero attached hydrogens (tertiary/aromatic N) is 3. The lowest BCUT2D eigenvalue weighted by Gasteiger charge is -2.24. The lowest BCUT2D eigenvalue weighted by molar-refractivity contribution is 0.505. The molecule has 5 nitrogen and oxygen atoms in total. The minimum Gasteiger partial charge on any atom is -0.311 e. The summed E-state index contributed by atoms with van der Waals surface area (Å²) in [6.45, 7) is 2.09. The Kier molecular flexibility index (Phi) is 3.95. The van der Waals surface area contributed by atoms with Gasteiger partial charge < -0.3 is 9.88 Å². The van der Waals surface area contributed by atoms with Crippen LogP contribution in [0.5, 0.6) is 0 Å². The van der Waals surface area contributed by atoms with Gasteiger partial charge >= 0.3 is 0 Å². The second-order valence-electron chi connectivity index (χ2n) is 5.89. The first-order valence-electron chi connectivity index (χ1n) is 8.00. The van der Waals surface area contributed by atoms with Gasteiger partial charge in [-0.05, 0) is 36.4 Å². The van der Waals surface area contributed by atoms with E-state index in [1.54, 1.807) is 24.3 Å². The molecule has 1 aliphatic heterocycles. The van der Waals surface area contributed by atoms with Crippen LogP contribution in [0.1, 0.15) is 5.82 Å². The first-order chi connectivity index (χ1) is 12.1. The fourth-order valence-corrected chi connectivity index (χ4v) is 3.05. The zero-order chi connectivity index (χ0) is 17.4. The molecule has 4 rings (SSSR count). The lowest BCUT2D eigenvalue weighted by atomic mass is 10.1. The highest BCUT2D eigenvalue weighted by Gasteiger charge is 2.24. The van der Waals surface area contributed by atoms with Crippen molar-refractivity contribution in [2.45, 2.75) is 13.1 Å². The number of fused-ring (bicyclic) bond motifs is 1. The number of aromatic nitrogens is 2. The van der Waals surface area contributed by atoms with Gasteiger partial charge in [-0.2, -0.15) is 0 Å². The fraction of sp³-hybridized carbons (Fsp3) is 0.167. The molecule has 25 heavy (non-hydrogen) atoms. The van der Waals surface area contributed by atoms with E-state index in [4.69, 9.17) is 5.84 Å². The van der Waals surface area contributed by atoms with Crippen molar-refractivity contribution in [2.24, 2.45) is 5.84 Å². The summed E-state index contributed by atoms with van der Waals surface area (Å²) in [5, 5.41) is 4.74. The summed E-state index contributed by atoms with van der Waals surface area (Å²) in [4.78, 5) is 4.66. The summed E-state index contributed by atoms with van der Waals surface area (Å²) in [6.07, 6.45) is 0. The Morgan fingerprint density at radius 3 is 2.64 bits per heavy atom. The molecule has 1 aromatic heterocycles. The Morgan fingerprint density at radius 2 is 1.88 bits per heavy atom. The third-order valence-electron chi connectivity index (χ3n) is 4.25. The Hall–Kier alpha value is -2.77. The molecule has 2 aromatic carbocycles. The van der Waals surface area contributed by atoms with Crippen molar-refractivity contribution < 1.29 is 8.78 Å². The highest BCUT2D eigenvalue weighted by atomic mass is 19.1. The smallest absolute Gasteiger partial charge is 0.156 e. The van der Waals surface area contributed by atoms with Crippen molar-refractivity contribution in [3.63, 3.8) is 0 Å². The minimum atomic E-state index is -0.335. The molecule has 128 valence electrons. The van der Waals surface area contributed by atoms with Crippen LogP contribution in [0.3, 0.4) is 0 Å². The molecule has 2 heterocycles. The molecule has 0 unspecified atom stereocenters. The van der Waals surface area contributed by atoms with Crippen LogP contribution in [-0.4, -0.2) is 16.1 Å². The standard InChI is InChI=1S/C18H17F2N5/c19-13-4-6-15(7-5-13)25(21)18-17(12-2-1-3-14(20)10-12)23-16-11-22-8-9-24(16)18/h1-7,10,22H,8-9,11,21H2. The molecule has 0 spiro atoms. The van der Waals surface area contributed by atoms with Crippen molar-refractivity contribution >= 4 is 11.5 Å². The predicted octanol–water partition coefficient (Wildman–Crippen LogP) is 2.94. The number of nitrogens with two attached hydrogens (primary N) is 1. The summed E-state index contributed by atoms with van der Waals surface area (Å²) >= 11 is 0. The van der Waals surface area contributed by atoms with Crippen LogP contribution in [0, 0.1) is 11.6 Å². The Morgan fingerprint density at radius 1 is 1.08 bits per heavy atom.